The highest BCUT2D eigenvalue weighted by Gasteiger charge is 2.12. The summed E-state index contributed by atoms with van der Waals surface area (Å²) < 4.78 is 0. The summed E-state index contributed by atoms with van der Waals surface area (Å²) in [7, 11) is 0. The van der Waals surface area contributed by atoms with Crippen LogP contribution in [0.4, 0.5) is 0 Å². The SMILES string of the molecule is CC(C)C(C)CNC(CN)c1ccccc1. The minimum Gasteiger partial charge on any atom is -0.329 e. The number of nitrogens with one attached hydrogen (secondary N) is 1. The predicted molar refractivity (Wildman–Crippen MR) is 70.2 cm³/mol. The van der Waals surface area contributed by atoms with Crippen molar-refractivity contribution in [1.29, 1.82) is 0 Å². The Morgan fingerprint density at radius 3 is 2.25 bits per heavy atom. The molecule has 2 unspecified atom stereocenters. The summed E-state index contributed by atoms with van der Waals surface area (Å²) in [6.07, 6.45) is 0. The van der Waals surface area contributed by atoms with E-state index in [1.165, 1.54) is 5.56 Å². The Morgan fingerprint density at radius 1 is 1.12 bits per heavy atom. The Hall–Kier alpha value is -0.860. The summed E-state index contributed by atoms with van der Waals surface area (Å²) in [6, 6.07) is 10.7. The maximum absolute atomic E-state index is 5.80. The molecule has 0 aromatic heterocycles. The maximum atomic E-state index is 5.80. The number of nitrogens with two attached hydrogens (primary N) is 1. The van der Waals surface area contributed by atoms with E-state index in [9.17, 15) is 0 Å². The van der Waals surface area contributed by atoms with E-state index >= 15 is 0 Å². The third kappa shape index (κ3) is 3.95. The van der Waals surface area contributed by atoms with Crippen LogP contribution in [0, 0.1) is 11.8 Å². The first-order valence-electron chi connectivity index (χ1n) is 6.13. The van der Waals surface area contributed by atoms with Crippen molar-refractivity contribution in [3.8, 4) is 0 Å². The zero-order valence-corrected chi connectivity index (χ0v) is 10.6. The van der Waals surface area contributed by atoms with Gasteiger partial charge in [-0.15, -0.1) is 0 Å². The molecular formula is C14H24N2. The molecule has 0 radical (unpaired) electrons. The first-order chi connectivity index (χ1) is 7.65. The second-order valence-electron chi connectivity index (χ2n) is 4.83. The van der Waals surface area contributed by atoms with Crippen molar-refractivity contribution in [3.63, 3.8) is 0 Å². The Morgan fingerprint density at radius 2 is 1.75 bits per heavy atom. The Bertz CT molecular complexity index is 282. The molecule has 2 atom stereocenters. The van der Waals surface area contributed by atoms with Gasteiger partial charge >= 0.3 is 0 Å². The molecular weight excluding hydrogens is 196 g/mol. The molecule has 1 rings (SSSR count). The average Bonchev–Trinajstić information content (AvgIpc) is 2.30. The Kier molecular flexibility index (Phi) is 5.50. The van der Waals surface area contributed by atoms with Crippen molar-refractivity contribution in [3.05, 3.63) is 35.9 Å². The molecule has 0 aliphatic carbocycles. The van der Waals surface area contributed by atoms with Gasteiger partial charge in [0.05, 0.1) is 0 Å². The van der Waals surface area contributed by atoms with Crippen LogP contribution >= 0.6 is 0 Å². The quantitative estimate of drug-likeness (QED) is 0.773. The van der Waals surface area contributed by atoms with Gasteiger partial charge in [0.25, 0.3) is 0 Å². The van der Waals surface area contributed by atoms with Gasteiger partial charge in [-0.05, 0) is 23.9 Å². The second kappa shape index (κ2) is 6.66. The zero-order chi connectivity index (χ0) is 12.0. The van der Waals surface area contributed by atoms with E-state index in [0.29, 0.717) is 18.4 Å². The molecule has 0 bridgehead atoms. The van der Waals surface area contributed by atoms with Crippen molar-refractivity contribution >= 4 is 0 Å². The van der Waals surface area contributed by atoms with Crippen LogP contribution in [0.15, 0.2) is 30.3 Å². The molecule has 0 amide bonds. The van der Waals surface area contributed by atoms with E-state index in [1.807, 2.05) is 6.07 Å². The van der Waals surface area contributed by atoms with E-state index in [-0.39, 0.29) is 6.04 Å². The van der Waals surface area contributed by atoms with Crippen LogP contribution in [0.25, 0.3) is 0 Å². The number of benzene rings is 1. The van der Waals surface area contributed by atoms with Gasteiger partial charge in [-0.1, -0.05) is 51.1 Å². The first kappa shape index (κ1) is 13.2. The van der Waals surface area contributed by atoms with Gasteiger partial charge in [0, 0.05) is 12.6 Å². The lowest BCUT2D eigenvalue weighted by Crippen LogP contribution is -2.32. The van der Waals surface area contributed by atoms with Crippen molar-refractivity contribution in [2.24, 2.45) is 17.6 Å². The molecule has 1 aromatic carbocycles. The lowest BCUT2D eigenvalue weighted by Gasteiger charge is -2.22. The topological polar surface area (TPSA) is 38.0 Å². The fourth-order valence-corrected chi connectivity index (χ4v) is 1.59. The van der Waals surface area contributed by atoms with E-state index in [1.54, 1.807) is 0 Å². The first-order valence-corrected chi connectivity index (χ1v) is 6.13. The molecule has 0 heterocycles. The Labute approximate surface area is 99.2 Å². The van der Waals surface area contributed by atoms with Gasteiger partial charge in [0.1, 0.15) is 0 Å². The summed E-state index contributed by atoms with van der Waals surface area (Å²) in [5.41, 5.74) is 7.08. The maximum Gasteiger partial charge on any atom is 0.0444 e. The molecule has 0 spiro atoms. The summed E-state index contributed by atoms with van der Waals surface area (Å²) in [5.74, 6) is 1.39. The smallest absolute Gasteiger partial charge is 0.0444 e. The van der Waals surface area contributed by atoms with E-state index in [2.05, 4.69) is 50.4 Å². The third-order valence-corrected chi connectivity index (χ3v) is 3.26. The third-order valence-electron chi connectivity index (χ3n) is 3.26. The van der Waals surface area contributed by atoms with Crippen LogP contribution in [0.5, 0.6) is 0 Å². The van der Waals surface area contributed by atoms with Crippen LogP contribution in [0.1, 0.15) is 32.4 Å². The minimum atomic E-state index is 0.280. The minimum absolute atomic E-state index is 0.280. The summed E-state index contributed by atoms with van der Waals surface area (Å²) in [5, 5.41) is 3.54. The lowest BCUT2D eigenvalue weighted by atomic mass is 9.97. The molecule has 0 aliphatic heterocycles. The number of rotatable bonds is 6. The van der Waals surface area contributed by atoms with Gasteiger partial charge in [0.15, 0.2) is 0 Å². The van der Waals surface area contributed by atoms with E-state index in [4.69, 9.17) is 5.73 Å². The largest absolute Gasteiger partial charge is 0.329 e. The van der Waals surface area contributed by atoms with Crippen LogP contribution in [-0.4, -0.2) is 13.1 Å². The molecule has 16 heavy (non-hydrogen) atoms. The molecule has 1 aromatic rings. The molecule has 0 saturated heterocycles. The fraction of sp³-hybridized carbons (Fsp3) is 0.571. The van der Waals surface area contributed by atoms with Crippen LogP contribution in [0.3, 0.4) is 0 Å². The summed E-state index contributed by atoms with van der Waals surface area (Å²) >= 11 is 0. The van der Waals surface area contributed by atoms with Gasteiger partial charge in [-0.25, -0.2) is 0 Å². The van der Waals surface area contributed by atoms with Gasteiger partial charge < -0.3 is 11.1 Å². The van der Waals surface area contributed by atoms with Crippen molar-refractivity contribution in [2.45, 2.75) is 26.8 Å². The number of hydrogen-bond donors (Lipinski definition) is 2. The second-order valence-corrected chi connectivity index (χ2v) is 4.83. The molecule has 0 saturated carbocycles. The van der Waals surface area contributed by atoms with Crippen molar-refractivity contribution in [1.82, 2.24) is 5.32 Å². The number of hydrogen-bond acceptors (Lipinski definition) is 2. The Balaban J connectivity index is 2.50. The predicted octanol–water partition coefficient (Wildman–Crippen LogP) is 2.57. The van der Waals surface area contributed by atoms with Gasteiger partial charge in [-0.2, -0.15) is 0 Å². The van der Waals surface area contributed by atoms with E-state index in [0.717, 1.165) is 6.54 Å². The van der Waals surface area contributed by atoms with Crippen molar-refractivity contribution < 1.29 is 0 Å². The average molecular weight is 220 g/mol. The molecule has 0 aliphatic rings. The molecule has 2 heteroatoms. The molecule has 2 nitrogen and oxygen atoms in total. The van der Waals surface area contributed by atoms with Gasteiger partial charge in [-0.3, -0.25) is 0 Å². The zero-order valence-electron chi connectivity index (χ0n) is 10.6. The van der Waals surface area contributed by atoms with E-state index < -0.39 is 0 Å². The molecule has 90 valence electrons. The van der Waals surface area contributed by atoms with Crippen LogP contribution in [0.2, 0.25) is 0 Å². The van der Waals surface area contributed by atoms with Crippen molar-refractivity contribution in [2.75, 3.05) is 13.1 Å². The summed E-state index contributed by atoms with van der Waals surface area (Å²) in [6.45, 7) is 8.46. The highest BCUT2D eigenvalue weighted by Crippen LogP contribution is 2.13. The van der Waals surface area contributed by atoms with Crippen LogP contribution in [-0.2, 0) is 0 Å². The standard InChI is InChI=1S/C14H24N2/c1-11(2)12(3)10-16-14(9-15)13-7-5-4-6-8-13/h4-8,11-12,14,16H,9-10,15H2,1-3H3. The highest BCUT2D eigenvalue weighted by molar-refractivity contribution is 5.19. The van der Waals surface area contributed by atoms with Gasteiger partial charge in [0.2, 0.25) is 0 Å². The monoisotopic (exact) mass is 220 g/mol. The molecule has 3 N–H and O–H groups in total. The van der Waals surface area contributed by atoms with Crippen LogP contribution < -0.4 is 11.1 Å². The fourth-order valence-electron chi connectivity index (χ4n) is 1.59. The normalized spacial score (nSPS) is 15.1. The highest BCUT2D eigenvalue weighted by atomic mass is 14.9. The summed E-state index contributed by atoms with van der Waals surface area (Å²) in [4.78, 5) is 0. The lowest BCUT2D eigenvalue weighted by molar-refractivity contribution is 0.371. The molecule has 0 fully saturated rings.